The highest BCUT2D eigenvalue weighted by atomic mass is 32.2. The van der Waals surface area contributed by atoms with Crippen LogP contribution in [0.3, 0.4) is 0 Å². The SMILES string of the molecule is CC(Sc1nc2ccccc2n1C(F)F)C(=O)Nc1ccc2c(c1)OCCO2. The summed E-state index contributed by atoms with van der Waals surface area (Å²) < 4.78 is 38.9. The van der Waals surface area contributed by atoms with Crippen LogP contribution in [0.5, 0.6) is 11.5 Å². The molecule has 146 valence electrons. The van der Waals surface area contributed by atoms with E-state index in [9.17, 15) is 13.6 Å². The molecule has 1 aliphatic heterocycles. The minimum absolute atomic E-state index is 0.0982. The Bertz CT molecular complexity index is 1020. The molecule has 1 aromatic heterocycles. The van der Waals surface area contributed by atoms with E-state index in [-0.39, 0.29) is 11.1 Å². The van der Waals surface area contributed by atoms with Gasteiger partial charge in [-0.2, -0.15) is 8.78 Å². The summed E-state index contributed by atoms with van der Waals surface area (Å²) in [5.41, 5.74) is 1.34. The highest BCUT2D eigenvalue weighted by molar-refractivity contribution is 8.00. The number of hydrogen-bond donors (Lipinski definition) is 1. The first kappa shape index (κ1) is 18.5. The van der Waals surface area contributed by atoms with Crippen molar-refractivity contribution in [2.75, 3.05) is 18.5 Å². The number of rotatable bonds is 5. The van der Waals surface area contributed by atoms with Gasteiger partial charge in [-0.25, -0.2) is 4.98 Å². The molecule has 2 heterocycles. The third kappa shape index (κ3) is 3.62. The van der Waals surface area contributed by atoms with E-state index in [0.29, 0.717) is 41.4 Å². The second-order valence-corrected chi connectivity index (χ2v) is 7.45. The Hall–Kier alpha value is -2.81. The van der Waals surface area contributed by atoms with Crippen LogP contribution in [0.1, 0.15) is 13.5 Å². The Morgan fingerprint density at radius 1 is 1.18 bits per heavy atom. The Morgan fingerprint density at radius 3 is 2.71 bits per heavy atom. The van der Waals surface area contributed by atoms with Crippen molar-refractivity contribution in [3.05, 3.63) is 42.5 Å². The number of anilines is 1. The van der Waals surface area contributed by atoms with Gasteiger partial charge >= 0.3 is 6.55 Å². The summed E-state index contributed by atoms with van der Waals surface area (Å²) in [7, 11) is 0. The van der Waals surface area contributed by atoms with E-state index >= 15 is 0 Å². The van der Waals surface area contributed by atoms with E-state index in [0.717, 1.165) is 16.3 Å². The number of imidazole rings is 1. The fraction of sp³-hybridized carbons (Fsp3) is 0.263. The fourth-order valence-electron chi connectivity index (χ4n) is 2.87. The first-order valence-electron chi connectivity index (χ1n) is 8.65. The van der Waals surface area contributed by atoms with Gasteiger partial charge in [-0.1, -0.05) is 23.9 Å². The Balaban J connectivity index is 1.51. The molecule has 1 unspecified atom stereocenters. The number of aromatic nitrogens is 2. The summed E-state index contributed by atoms with van der Waals surface area (Å²) in [5, 5.41) is 2.24. The van der Waals surface area contributed by atoms with Crippen molar-refractivity contribution in [3.63, 3.8) is 0 Å². The number of carbonyl (C=O) groups is 1. The zero-order chi connectivity index (χ0) is 19.7. The number of para-hydroxylation sites is 2. The number of ether oxygens (including phenoxy) is 2. The highest BCUT2D eigenvalue weighted by Gasteiger charge is 2.23. The first-order chi connectivity index (χ1) is 13.5. The normalized spacial score (nSPS) is 14.3. The molecule has 0 spiro atoms. The average molecular weight is 405 g/mol. The van der Waals surface area contributed by atoms with Crippen LogP contribution < -0.4 is 14.8 Å². The number of amides is 1. The first-order valence-corrected chi connectivity index (χ1v) is 9.53. The number of nitrogens with one attached hydrogen (secondary N) is 1. The molecular formula is C19H17F2N3O3S. The summed E-state index contributed by atoms with van der Waals surface area (Å²) in [4.78, 5) is 16.8. The summed E-state index contributed by atoms with van der Waals surface area (Å²) >= 11 is 0.984. The van der Waals surface area contributed by atoms with Gasteiger partial charge in [0, 0.05) is 11.8 Å². The van der Waals surface area contributed by atoms with Crippen LogP contribution in [0.15, 0.2) is 47.6 Å². The molecule has 1 N–H and O–H groups in total. The van der Waals surface area contributed by atoms with Crippen LogP contribution >= 0.6 is 11.8 Å². The van der Waals surface area contributed by atoms with E-state index in [1.54, 1.807) is 49.4 Å². The monoisotopic (exact) mass is 405 g/mol. The summed E-state index contributed by atoms with van der Waals surface area (Å²) in [6.07, 6.45) is 0. The lowest BCUT2D eigenvalue weighted by Crippen LogP contribution is -2.23. The van der Waals surface area contributed by atoms with E-state index in [2.05, 4.69) is 10.3 Å². The predicted octanol–water partition coefficient (Wildman–Crippen LogP) is 4.32. The number of thioether (sulfide) groups is 1. The lowest BCUT2D eigenvalue weighted by Gasteiger charge is -2.19. The van der Waals surface area contributed by atoms with Gasteiger partial charge < -0.3 is 14.8 Å². The van der Waals surface area contributed by atoms with Crippen LogP contribution in [0.4, 0.5) is 14.5 Å². The van der Waals surface area contributed by atoms with Crippen LogP contribution in [-0.4, -0.2) is 33.9 Å². The maximum atomic E-state index is 13.5. The summed E-state index contributed by atoms with van der Waals surface area (Å²) in [5.74, 6) is 0.857. The molecule has 1 aliphatic rings. The van der Waals surface area contributed by atoms with E-state index in [1.807, 2.05) is 0 Å². The molecule has 0 saturated carbocycles. The van der Waals surface area contributed by atoms with Crippen LogP contribution in [0, 0.1) is 0 Å². The lowest BCUT2D eigenvalue weighted by molar-refractivity contribution is -0.115. The number of carbonyl (C=O) groups excluding carboxylic acids is 1. The van der Waals surface area contributed by atoms with Crippen LogP contribution in [-0.2, 0) is 4.79 Å². The molecule has 6 nitrogen and oxygen atoms in total. The van der Waals surface area contributed by atoms with Gasteiger partial charge in [0.05, 0.1) is 16.3 Å². The lowest BCUT2D eigenvalue weighted by atomic mass is 10.2. The smallest absolute Gasteiger partial charge is 0.321 e. The van der Waals surface area contributed by atoms with E-state index in [4.69, 9.17) is 9.47 Å². The van der Waals surface area contributed by atoms with Crippen molar-refractivity contribution < 1.29 is 23.0 Å². The average Bonchev–Trinajstić information content (AvgIpc) is 3.05. The molecule has 3 aromatic rings. The summed E-state index contributed by atoms with van der Waals surface area (Å²) in [6.45, 7) is -0.173. The Morgan fingerprint density at radius 2 is 1.93 bits per heavy atom. The largest absolute Gasteiger partial charge is 0.486 e. The van der Waals surface area contributed by atoms with Gasteiger partial charge in [-0.05, 0) is 31.2 Å². The Labute approximate surface area is 163 Å². The van der Waals surface area contributed by atoms with Crippen molar-refractivity contribution in [3.8, 4) is 11.5 Å². The topological polar surface area (TPSA) is 65.4 Å². The van der Waals surface area contributed by atoms with E-state index in [1.165, 1.54) is 0 Å². The zero-order valence-electron chi connectivity index (χ0n) is 14.9. The quantitative estimate of drug-likeness (QED) is 0.641. The number of halogens is 2. The van der Waals surface area contributed by atoms with Crippen molar-refractivity contribution in [1.29, 1.82) is 0 Å². The minimum Gasteiger partial charge on any atom is -0.486 e. The second-order valence-electron chi connectivity index (χ2n) is 6.14. The minimum atomic E-state index is -2.75. The van der Waals surface area contributed by atoms with Gasteiger partial charge in [0.25, 0.3) is 0 Å². The van der Waals surface area contributed by atoms with Gasteiger partial charge in [0.1, 0.15) is 13.2 Å². The molecule has 9 heteroatoms. The molecule has 0 aliphatic carbocycles. The zero-order valence-corrected chi connectivity index (χ0v) is 15.7. The molecule has 0 radical (unpaired) electrons. The van der Waals surface area contributed by atoms with Gasteiger partial charge in [0.2, 0.25) is 5.91 Å². The molecule has 2 aromatic carbocycles. The predicted molar refractivity (Wildman–Crippen MR) is 102 cm³/mol. The molecular weight excluding hydrogens is 388 g/mol. The Kier molecular flexibility index (Phi) is 5.08. The van der Waals surface area contributed by atoms with Crippen molar-refractivity contribution in [2.45, 2.75) is 23.9 Å². The van der Waals surface area contributed by atoms with Gasteiger partial charge in [-0.3, -0.25) is 9.36 Å². The van der Waals surface area contributed by atoms with Crippen LogP contribution in [0.25, 0.3) is 11.0 Å². The van der Waals surface area contributed by atoms with Gasteiger partial charge in [0.15, 0.2) is 16.7 Å². The number of hydrogen-bond acceptors (Lipinski definition) is 5. The van der Waals surface area contributed by atoms with E-state index < -0.39 is 11.8 Å². The maximum Gasteiger partial charge on any atom is 0.321 e. The summed E-state index contributed by atoms with van der Waals surface area (Å²) in [6, 6.07) is 11.8. The molecule has 1 amide bonds. The fourth-order valence-corrected chi connectivity index (χ4v) is 3.80. The third-order valence-electron chi connectivity index (χ3n) is 4.22. The maximum absolute atomic E-state index is 13.5. The molecule has 0 saturated heterocycles. The number of nitrogens with zero attached hydrogens (tertiary/aromatic N) is 2. The second kappa shape index (κ2) is 7.67. The molecule has 4 rings (SSSR count). The van der Waals surface area contributed by atoms with Crippen molar-refractivity contribution in [2.24, 2.45) is 0 Å². The van der Waals surface area contributed by atoms with Gasteiger partial charge in [-0.15, -0.1) is 0 Å². The number of alkyl halides is 2. The molecule has 1 atom stereocenters. The molecule has 28 heavy (non-hydrogen) atoms. The van der Waals surface area contributed by atoms with Crippen LogP contribution in [0.2, 0.25) is 0 Å². The number of benzene rings is 2. The van der Waals surface area contributed by atoms with Crippen molar-refractivity contribution >= 4 is 34.4 Å². The molecule has 0 bridgehead atoms. The highest BCUT2D eigenvalue weighted by Crippen LogP contribution is 2.34. The third-order valence-corrected chi connectivity index (χ3v) is 5.29. The number of fused-ring (bicyclic) bond motifs is 2. The molecule has 0 fully saturated rings. The van der Waals surface area contributed by atoms with Crippen molar-refractivity contribution in [1.82, 2.24) is 9.55 Å². The standard InChI is InChI=1S/C19H17F2N3O3S/c1-11(17(25)22-12-6-7-15-16(10-12)27-9-8-26-15)28-19-23-13-4-2-3-5-14(13)24(19)18(20)21/h2-7,10-11,18H,8-9H2,1H3,(H,22,25).